The average molecular weight is 1710 g/mol. The van der Waals surface area contributed by atoms with Crippen LogP contribution in [-0.4, -0.2) is 344 Å². The van der Waals surface area contributed by atoms with Crippen LogP contribution in [0, 0.1) is 23.7 Å². The standard InChI is InChI=1S/C75H127N17O28/c1-16-33(7)51(82-60(104)42(76)29-93)67(111)83-52(34(8)17-2)68(112)86-53(36(10)95)69(113)79-44(30-94)62(106)88-57(40(14)99)74(118)91-27-18-21-45(91)63(107)78-43(24-25-48(101)102)61(105)87-56(39(13)98)73(117)92-28-20-23-47(92)65(109)84-54(37(11)96)70(114)80-49(31(3)4)66(110)77-35(9)59(103)81-50(32(5)6)72(116)90-26-19-22-46(90)64(108)85-55(38(12)97)71(115)89-58(41(15)100)75(119)120/h31-47,49-58,93-100H,16-30,76H2,1-15H3,(H,77,110)(H,78,107)(H,79,113)(H,80,114)(H,81,103)(H,82,104)(H,83,111)(H,84,109)(H,85,108)(H,86,112)(H,87,105)(H,88,106)(H,89,115)(H,101,102)(H,119,120)/t33-,34-,35-,36+,37+,38+,39+,40+,41+,42-,43-,44-,45-,46-,47-,49-,50-,51-,52-,53-,54-,55-,56-,57-,58-/m0/s1. The molecule has 3 aliphatic heterocycles. The molecule has 0 aliphatic carbocycles. The number of carbonyl (C=O) groups is 18. The second-order valence-corrected chi connectivity index (χ2v) is 31.7. The van der Waals surface area contributed by atoms with Crippen LogP contribution in [0.5, 0.6) is 0 Å². The quantitative estimate of drug-likeness (QED) is 0.0269. The number of carboxylic acid groups (broad SMARTS) is 2. The van der Waals surface area contributed by atoms with Gasteiger partial charge in [-0.2, -0.15) is 0 Å². The van der Waals surface area contributed by atoms with Crippen LogP contribution in [0.4, 0.5) is 0 Å². The lowest BCUT2D eigenvalue weighted by atomic mass is 9.94. The van der Waals surface area contributed by atoms with Crippen LogP contribution < -0.4 is 74.9 Å². The Balaban J connectivity index is 1.77. The Morgan fingerprint density at radius 1 is 0.333 bits per heavy atom. The highest BCUT2D eigenvalue weighted by atomic mass is 16.4. The van der Waals surface area contributed by atoms with Gasteiger partial charge in [-0.25, -0.2) is 4.79 Å². The molecule has 3 fully saturated rings. The number of hydrogen-bond donors (Lipinski definition) is 24. The summed E-state index contributed by atoms with van der Waals surface area (Å²) in [5.74, 6) is -22.2. The summed E-state index contributed by atoms with van der Waals surface area (Å²) >= 11 is 0. The maximum Gasteiger partial charge on any atom is 0.328 e. The van der Waals surface area contributed by atoms with Crippen molar-refractivity contribution in [2.45, 2.75) is 307 Å². The second-order valence-electron chi connectivity index (χ2n) is 31.7. The molecule has 3 heterocycles. The molecule has 3 aliphatic rings. The molecular weight excluding hydrogens is 1590 g/mol. The van der Waals surface area contributed by atoms with E-state index in [0.29, 0.717) is 6.42 Å². The highest BCUT2D eigenvalue weighted by Gasteiger charge is 2.47. The minimum absolute atomic E-state index is 0.00797. The van der Waals surface area contributed by atoms with Gasteiger partial charge in [-0.3, -0.25) is 81.5 Å². The molecule has 0 unspecified atom stereocenters. The number of rotatable bonds is 47. The maximum atomic E-state index is 14.5. The van der Waals surface area contributed by atoms with Crippen LogP contribution in [0.25, 0.3) is 0 Å². The van der Waals surface area contributed by atoms with Gasteiger partial charge in [0.2, 0.25) is 94.5 Å². The van der Waals surface area contributed by atoms with Crippen molar-refractivity contribution < 1.29 is 137 Å². The van der Waals surface area contributed by atoms with Gasteiger partial charge in [-0.15, -0.1) is 0 Å². The zero-order valence-electron chi connectivity index (χ0n) is 70.4. The molecule has 45 heteroatoms. The Labute approximate surface area is 694 Å². The number of aliphatic carboxylic acids is 2. The molecule has 16 amide bonds. The van der Waals surface area contributed by atoms with Crippen molar-refractivity contribution in [3.63, 3.8) is 0 Å². The summed E-state index contributed by atoms with van der Waals surface area (Å²) in [6, 6.07) is -27.4. The number of amides is 16. The van der Waals surface area contributed by atoms with Gasteiger partial charge < -0.3 is 141 Å². The molecule has 0 aromatic heterocycles. The van der Waals surface area contributed by atoms with Gasteiger partial charge >= 0.3 is 11.9 Å². The Morgan fingerprint density at radius 2 is 0.633 bits per heavy atom. The molecule has 0 radical (unpaired) electrons. The van der Waals surface area contributed by atoms with E-state index >= 15 is 0 Å². The lowest BCUT2D eigenvalue weighted by Gasteiger charge is -2.33. The van der Waals surface area contributed by atoms with Crippen LogP contribution in [-0.2, 0) is 86.3 Å². The normalized spacial score (nSPS) is 20.9. The van der Waals surface area contributed by atoms with E-state index in [1.54, 1.807) is 41.5 Å². The van der Waals surface area contributed by atoms with E-state index in [4.69, 9.17) is 5.73 Å². The summed E-state index contributed by atoms with van der Waals surface area (Å²) in [7, 11) is 0. The fourth-order valence-corrected chi connectivity index (χ4v) is 13.5. The molecule has 25 atom stereocenters. The molecule has 25 N–H and O–H groups in total. The minimum atomic E-state index is -1.97. The Morgan fingerprint density at radius 3 is 0.983 bits per heavy atom. The van der Waals surface area contributed by atoms with Gasteiger partial charge in [0.1, 0.15) is 96.7 Å². The van der Waals surface area contributed by atoms with Crippen LogP contribution in [0.2, 0.25) is 0 Å². The lowest BCUT2D eigenvalue weighted by Crippen LogP contribution is -2.64. The predicted octanol–water partition coefficient (Wildman–Crippen LogP) is -9.77. The van der Waals surface area contributed by atoms with E-state index in [1.165, 1.54) is 20.8 Å². The van der Waals surface area contributed by atoms with Gasteiger partial charge in [0.25, 0.3) is 0 Å². The maximum absolute atomic E-state index is 14.5. The first-order chi connectivity index (χ1) is 55.9. The third-order valence-corrected chi connectivity index (χ3v) is 21.3. The van der Waals surface area contributed by atoms with E-state index in [0.717, 1.165) is 56.2 Å². The first kappa shape index (κ1) is 104. The van der Waals surface area contributed by atoms with Gasteiger partial charge in [0.05, 0.1) is 49.8 Å². The monoisotopic (exact) mass is 1710 g/mol. The average Bonchev–Trinajstić information content (AvgIpc) is 1.60. The molecule has 0 spiro atoms. The molecule has 45 nitrogen and oxygen atoms in total. The smallest absolute Gasteiger partial charge is 0.328 e. The van der Waals surface area contributed by atoms with Crippen molar-refractivity contribution in [3.8, 4) is 0 Å². The predicted molar refractivity (Wildman–Crippen MR) is 420 cm³/mol. The summed E-state index contributed by atoms with van der Waals surface area (Å²) in [6.45, 7) is 18.4. The number of carbonyl (C=O) groups excluding carboxylic acids is 16. The lowest BCUT2D eigenvalue weighted by molar-refractivity contribution is -0.146. The number of aliphatic hydroxyl groups excluding tert-OH is 8. The number of carboxylic acids is 2. The summed E-state index contributed by atoms with van der Waals surface area (Å²) < 4.78 is 0. The van der Waals surface area contributed by atoms with Crippen molar-refractivity contribution in [2.75, 3.05) is 32.8 Å². The first-order valence-corrected chi connectivity index (χ1v) is 40.3. The van der Waals surface area contributed by atoms with E-state index in [1.807, 2.05) is 0 Å². The van der Waals surface area contributed by atoms with Crippen molar-refractivity contribution in [1.29, 1.82) is 0 Å². The third kappa shape index (κ3) is 29.5. The zero-order valence-corrected chi connectivity index (χ0v) is 70.4. The Kier molecular flexibility index (Phi) is 42.2. The zero-order chi connectivity index (χ0) is 91.5. The first-order valence-electron chi connectivity index (χ1n) is 40.3. The van der Waals surface area contributed by atoms with Crippen LogP contribution >= 0.6 is 0 Å². The Bertz CT molecular complexity index is 3600. The molecule has 0 saturated carbocycles. The number of nitrogens with zero attached hydrogens (tertiary/aromatic N) is 3. The summed E-state index contributed by atoms with van der Waals surface area (Å²) in [4.78, 5) is 249. The second kappa shape index (κ2) is 48.5. The molecule has 120 heavy (non-hydrogen) atoms. The number of hydrogen-bond acceptors (Lipinski definition) is 27. The highest BCUT2D eigenvalue weighted by molar-refractivity contribution is 6.02. The van der Waals surface area contributed by atoms with Crippen molar-refractivity contribution in [3.05, 3.63) is 0 Å². The molecule has 0 bridgehead atoms. The summed E-state index contributed by atoms with van der Waals surface area (Å²) in [6.07, 6.45) is -10.6. The van der Waals surface area contributed by atoms with Crippen LogP contribution in [0.1, 0.15) is 168 Å². The molecule has 0 aromatic rings. The van der Waals surface area contributed by atoms with Crippen molar-refractivity contribution in [1.82, 2.24) is 83.8 Å². The van der Waals surface area contributed by atoms with E-state index in [2.05, 4.69) is 69.1 Å². The van der Waals surface area contributed by atoms with Crippen LogP contribution in [0.3, 0.4) is 0 Å². The van der Waals surface area contributed by atoms with E-state index in [-0.39, 0.29) is 64.6 Å². The van der Waals surface area contributed by atoms with Crippen LogP contribution in [0.15, 0.2) is 0 Å². The number of nitrogens with one attached hydrogen (secondary N) is 13. The van der Waals surface area contributed by atoms with E-state index in [9.17, 15) is 137 Å². The van der Waals surface area contributed by atoms with Gasteiger partial charge in [-0.1, -0.05) is 68.2 Å². The molecule has 3 rings (SSSR count). The largest absolute Gasteiger partial charge is 0.481 e. The van der Waals surface area contributed by atoms with Gasteiger partial charge in [0, 0.05) is 26.1 Å². The van der Waals surface area contributed by atoms with Gasteiger partial charge in [0.15, 0.2) is 6.04 Å². The molecule has 3 saturated heterocycles. The van der Waals surface area contributed by atoms with Crippen molar-refractivity contribution >= 4 is 106 Å². The summed E-state index contributed by atoms with van der Waals surface area (Å²) in [5.41, 5.74) is 5.66. The SMILES string of the molecule is CC[C@H](C)[C@H](NC(=O)[C@@H](NC(=O)[C@@H](N)CO)[C@@H](C)CC)C(=O)N[C@H](C(=O)N[C@@H](CO)C(=O)N[C@H](C(=O)N1CCC[C@H]1C(=O)N[C@@H](CCC(=O)O)C(=O)N[C@H](C(=O)N1CCC[C@H]1C(=O)N[C@H](C(=O)N[C@H](C(=O)N[C@@H](C)C(=O)N[C@H](C(=O)N1CCC[C@H]1C(=O)N[C@H](C(=O)N[C@H](C(=O)O)[C@@H](C)O)[C@@H](C)O)C(C)C)C(C)C)[C@@H](C)O)[C@@H](C)O)[C@@H](C)O)[C@@H](C)O. The molecular formula is C75H127N17O28. The molecule has 0 aromatic carbocycles. The number of nitrogens with two attached hydrogens (primary N) is 1. The fraction of sp³-hybridized carbons (Fsp3) is 0.760. The van der Waals surface area contributed by atoms with Gasteiger partial charge in [-0.05, 0) is 117 Å². The minimum Gasteiger partial charge on any atom is -0.481 e. The van der Waals surface area contributed by atoms with Crippen molar-refractivity contribution in [2.24, 2.45) is 29.4 Å². The Hall–Kier alpha value is -9.90. The number of aliphatic hydroxyl groups is 8. The summed E-state index contributed by atoms with van der Waals surface area (Å²) in [5, 5.41) is 134. The topological polar surface area (TPSA) is 702 Å². The molecule has 680 valence electrons. The number of likely N-dealkylation sites (tertiary alicyclic amines) is 3. The highest BCUT2D eigenvalue weighted by Crippen LogP contribution is 2.25. The fourth-order valence-electron chi connectivity index (χ4n) is 13.5. The van der Waals surface area contributed by atoms with E-state index < -0.39 is 296 Å². The third-order valence-electron chi connectivity index (χ3n) is 21.3.